The molecule has 28 heavy (non-hydrogen) atoms. The van der Waals surface area contributed by atoms with Crippen LogP contribution in [0.5, 0.6) is 0 Å². The van der Waals surface area contributed by atoms with Crippen molar-refractivity contribution < 1.29 is 5.11 Å². The van der Waals surface area contributed by atoms with Gasteiger partial charge in [-0.05, 0) is 60.9 Å². The zero-order chi connectivity index (χ0) is 20.2. The van der Waals surface area contributed by atoms with Gasteiger partial charge in [0.25, 0.3) is 0 Å². The first-order chi connectivity index (χ1) is 13.6. The Morgan fingerprint density at radius 1 is 1.04 bits per heavy atom. The number of thioether (sulfide) groups is 1. The van der Waals surface area contributed by atoms with Crippen LogP contribution in [0.25, 0.3) is 0 Å². The van der Waals surface area contributed by atoms with E-state index < -0.39 is 6.10 Å². The smallest absolute Gasteiger partial charge is 0.0914 e. The zero-order valence-electron chi connectivity index (χ0n) is 17.2. The van der Waals surface area contributed by atoms with E-state index in [1.54, 1.807) is 0 Å². The lowest BCUT2D eigenvalue weighted by atomic mass is 10.1. The third kappa shape index (κ3) is 9.00. The molecule has 0 amide bonds. The third-order valence-electron chi connectivity index (χ3n) is 4.87. The molecule has 0 fully saturated rings. The zero-order valence-corrected chi connectivity index (χ0v) is 18.7. The van der Waals surface area contributed by atoms with Gasteiger partial charge in [-0.1, -0.05) is 68.5 Å². The average Bonchev–Trinajstić information content (AvgIpc) is 2.70. The number of rotatable bonds is 13. The Balaban J connectivity index is 1.68. The van der Waals surface area contributed by atoms with E-state index >= 15 is 0 Å². The standard InChI is InChI=1S/C24H34ClNOS/c1-3-4-5-6-7-15-28-23-13-11-20(12-14-23)16-19(2)26-18-24(27)21-9-8-10-22(25)17-21/h8-14,17,19,24,26-27H,3-7,15-16,18H2,1-2H3. The molecule has 2 atom stereocenters. The molecule has 2 unspecified atom stereocenters. The molecule has 0 aliphatic carbocycles. The molecular formula is C24H34ClNOS. The first kappa shape index (κ1) is 23.3. The molecule has 0 aliphatic rings. The molecule has 2 nitrogen and oxygen atoms in total. The summed E-state index contributed by atoms with van der Waals surface area (Å²) >= 11 is 7.96. The second-order valence-electron chi connectivity index (χ2n) is 7.49. The van der Waals surface area contributed by atoms with Crippen LogP contribution in [0.4, 0.5) is 0 Å². The summed E-state index contributed by atoms with van der Waals surface area (Å²) in [6, 6.07) is 16.6. The van der Waals surface area contributed by atoms with Gasteiger partial charge in [0.2, 0.25) is 0 Å². The Bertz CT molecular complexity index is 677. The predicted molar refractivity (Wildman–Crippen MR) is 124 cm³/mol. The summed E-state index contributed by atoms with van der Waals surface area (Å²) in [6.07, 6.45) is 7.10. The third-order valence-corrected chi connectivity index (χ3v) is 6.21. The minimum atomic E-state index is -0.544. The highest BCUT2D eigenvalue weighted by atomic mass is 35.5. The van der Waals surface area contributed by atoms with E-state index in [-0.39, 0.29) is 0 Å². The summed E-state index contributed by atoms with van der Waals surface area (Å²) in [5, 5.41) is 14.4. The van der Waals surface area contributed by atoms with Crippen molar-refractivity contribution in [3.05, 3.63) is 64.7 Å². The molecule has 0 spiro atoms. The number of halogens is 1. The molecule has 0 saturated heterocycles. The highest BCUT2D eigenvalue weighted by molar-refractivity contribution is 7.99. The van der Waals surface area contributed by atoms with E-state index in [1.807, 2.05) is 36.0 Å². The van der Waals surface area contributed by atoms with Crippen LogP contribution in [0, 0.1) is 0 Å². The second kappa shape index (κ2) is 13.3. The summed E-state index contributed by atoms with van der Waals surface area (Å²) in [5.41, 5.74) is 2.17. The van der Waals surface area contributed by atoms with Crippen LogP contribution in [0.3, 0.4) is 0 Å². The molecule has 0 radical (unpaired) electrons. The van der Waals surface area contributed by atoms with Gasteiger partial charge in [0.15, 0.2) is 0 Å². The number of aliphatic hydroxyl groups excluding tert-OH is 1. The van der Waals surface area contributed by atoms with E-state index in [9.17, 15) is 5.11 Å². The molecule has 0 bridgehead atoms. The van der Waals surface area contributed by atoms with Crippen LogP contribution < -0.4 is 5.32 Å². The van der Waals surface area contributed by atoms with Gasteiger partial charge >= 0.3 is 0 Å². The molecule has 2 aromatic rings. The predicted octanol–water partition coefficient (Wildman–Crippen LogP) is 6.66. The first-order valence-electron chi connectivity index (χ1n) is 10.5. The van der Waals surface area contributed by atoms with E-state index in [4.69, 9.17) is 11.6 Å². The molecule has 0 saturated carbocycles. The van der Waals surface area contributed by atoms with E-state index in [0.29, 0.717) is 17.6 Å². The Hall–Kier alpha value is -1.00. The van der Waals surface area contributed by atoms with Gasteiger partial charge in [0, 0.05) is 22.5 Å². The molecule has 2 rings (SSSR count). The first-order valence-corrected chi connectivity index (χ1v) is 11.8. The van der Waals surface area contributed by atoms with Crippen molar-refractivity contribution >= 4 is 23.4 Å². The second-order valence-corrected chi connectivity index (χ2v) is 9.10. The Labute approximate surface area is 180 Å². The van der Waals surface area contributed by atoms with Crippen molar-refractivity contribution in [2.45, 2.75) is 69.4 Å². The number of hydrogen-bond acceptors (Lipinski definition) is 3. The molecule has 2 aromatic carbocycles. The van der Waals surface area contributed by atoms with Gasteiger partial charge in [-0.25, -0.2) is 0 Å². The lowest BCUT2D eigenvalue weighted by molar-refractivity contribution is 0.170. The van der Waals surface area contributed by atoms with Crippen LogP contribution >= 0.6 is 23.4 Å². The number of unbranched alkanes of at least 4 members (excludes halogenated alkanes) is 4. The maximum absolute atomic E-state index is 10.3. The number of benzene rings is 2. The van der Waals surface area contributed by atoms with Crippen LogP contribution in [-0.4, -0.2) is 23.4 Å². The summed E-state index contributed by atoms with van der Waals surface area (Å²) in [6.45, 7) is 4.94. The van der Waals surface area contributed by atoms with Crippen molar-refractivity contribution in [1.29, 1.82) is 0 Å². The Kier molecular flexibility index (Phi) is 11.0. The fraction of sp³-hybridized carbons (Fsp3) is 0.500. The maximum Gasteiger partial charge on any atom is 0.0914 e. The Morgan fingerprint density at radius 3 is 2.50 bits per heavy atom. The molecular weight excluding hydrogens is 386 g/mol. The van der Waals surface area contributed by atoms with Crippen LogP contribution in [0.1, 0.15) is 63.2 Å². The minimum absolute atomic E-state index is 0.297. The SMILES string of the molecule is CCCCCCCSc1ccc(CC(C)NCC(O)c2cccc(Cl)c2)cc1. The normalized spacial score (nSPS) is 13.4. The van der Waals surface area contributed by atoms with Gasteiger partial charge < -0.3 is 10.4 Å². The summed E-state index contributed by atoms with van der Waals surface area (Å²) in [4.78, 5) is 1.36. The van der Waals surface area contributed by atoms with Crippen molar-refractivity contribution in [3.8, 4) is 0 Å². The number of nitrogens with one attached hydrogen (secondary N) is 1. The molecule has 0 aromatic heterocycles. The molecule has 4 heteroatoms. The maximum atomic E-state index is 10.3. The fourth-order valence-corrected chi connectivity index (χ4v) is 4.30. The lowest BCUT2D eigenvalue weighted by Gasteiger charge is -2.18. The van der Waals surface area contributed by atoms with Gasteiger partial charge in [-0.2, -0.15) is 0 Å². The van der Waals surface area contributed by atoms with Crippen molar-refractivity contribution in [3.63, 3.8) is 0 Å². The highest BCUT2D eigenvalue weighted by Crippen LogP contribution is 2.21. The highest BCUT2D eigenvalue weighted by Gasteiger charge is 2.10. The van der Waals surface area contributed by atoms with Gasteiger partial charge in [-0.3, -0.25) is 0 Å². The van der Waals surface area contributed by atoms with Crippen molar-refractivity contribution in [2.24, 2.45) is 0 Å². The molecule has 2 N–H and O–H groups in total. The largest absolute Gasteiger partial charge is 0.387 e. The van der Waals surface area contributed by atoms with Crippen LogP contribution in [0.2, 0.25) is 5.02 Å². The molecule has 154 valence electrons. The quantitative estimate of drug-likeness (QED) is 0.281. The van der Waals surface area contributed by atoms with Crippen molar-refractivity contribution in [2.75, 3.05) is 12.3 Å². The van der Waals surface area contributed by atoms with Gasteiger partial charge in [0.05, 0.1) is 6.10 Å². The fourth-order valence-electron chi connectivity index (χ4n) is 3.19. The summed E-state index contributed by atoms with van der Waals surface area (Å²) in [7, 11) is 0. The van der Waals surface area contributed by atoms with E-state index in [2.05, 4.69) is 43.4 Å². The van der Waals surface area contributed by atoms with E-state index in [1.165, 1.54) is 48.3 Å². The van der Waals surface area contributed by atoms with Gasteiger partial charge in [-0.15, -0.1) is 11.8 Å². The molecule has 0 aliphatic heterocycles. The van der Waals surface area contributed by atoms with Crippen molar-refractivity contribution in [1.82, 2.24) is 5.32 Å². The van der Waals surface area contributed by atoms with E-state index in [0.717, 1.165) is 12.0 Å². The summed E-state index contributed by atoms with van der Waals surface area (Å²) in [5.74, 6) is 1.21. The lowest BCUT2D eigenvalue weighted by Crippen LogP contribution is -2.32. The van der Waals surface area contributed by atoms with Gasteiger partial charge in [0.1, 0.15) is 0 Å². The topological polar surface area (TPSA) is 32.3 Å². The Morgan fingerprint density at radius 2 is 1.79 bits per heavy atom. The number of aliphatic hydroxyl groups is 1. The molecule has 0 heterocycles. The number of hydrogen-bond donors (Lipinski definition) is 2. The van der Waals surface area contributed by atoms with Crippen LogP contribution in [0.15, 0.2) is 53.4 Å². The monoisotopic (exact) mass is 419 g/mol. The average molecular weight is 420 g/mol. The summed E-state index contributed by atoms with van der Waals surface area (Å²) < 4.78 is 0. The minimum Gasteiger partial charge on any atom is -0.387 e. The van der Waals surface area contributed by atoms with Crippen LogP contribution in [-0.2, 0) is 6.42 Å².